The third-order valence-corrected chi connectivity index (χ3v) is 1.90. The molecule has 0 amide bonds. The molecule has 0 saturated heterocycles. The minimum absolute atomic E-state index is 0.163. The number of thiazole rings is 1. The number of nitrogens with zero attached hydrogens (tertiary/aromatic N) is 1. The normalized spacial score (nSPS) is 17.8. The number of methoxy groups -OCH3 is 1. The molecule has 0 fully saturated rings. The molecular formula is C6H10F6NOPS. The van der Waals surface area contributed by atoms with Gasteiger partial charge in [0.15, 0.2) is 6.20 Å². The Morgan fingerprint density at radius 3 is 1.88 bits per heavy atom. The molecule has 1 atom stereocenters. The fraction of sp³-hybridized carbons (Fsp3) is 0.500. The molecule has 10 heteroatoms. The van der Waals surface area contributed by atoms with Gasteiger partial charge in [-0.25, -0.2) is 0 Å². The van der Waals surface area contributed by atoms with Crippen molar-refractivity contribution in [3.05, 3.63) is 17.1 Å². The van der Waals surface area contributed by atoms with E-state index < -0.39 is 7.81 Å². The van der Waals surface area contributed by atoms with Gasteiger partial charge >= 0.3 is 33.0 Å². The molecule has 0 N–H and O–H groups in total. The van der Waals surface area contributed by atoms with Gasteiger partial charge in [0.05, 0.1) is 5.38 Å². The Bertz CT molecular complexity index is 309. The zero-order valence-electron chi connectivity index (χ0n) is 8.29. The molecule has 0 spiro atoms. The summed E-state index contributed by atoms with van der Waals surface area (Å²) < 4.78 is 66.3. The molecule has 1 rings (SSSR count). The first-order valence-corrected chi connectivity index (χ1v) is 6.79. The van der Waals surface area contributed by atoms with Crippen molar-refractivity contribution in [2.75, 3.05) is 7.11 Å². The molecule has 0 aromatic carbocycles. The quantitative estimate of drug-likeness (QED) is 0.441. The van der Waals surface area contributed by atoms with Gasteiger partial charge in [0.2, 0.25) is 5.51 Å². The molecule has 1 aromatic heterocycles. The van der Waals surface area contributed by atoms with E-state index in [0.29, 0.717) is 0 Å². The van der Waals surface area contributed by atoms with E-state index in [1.807, 2.05) is 28.6 Å². The monoisotopic (exact) mass is 289 g/mol. The first kappa shape index (κ1) is 15.6. The van der Waals surface area contributed by atoms with Gasteiger partial charge in [-0.1, -0.05) is 11.3 Å². The van der Waals surface area contributed by atoms with Crippen LogP contribution in [0.2, 0.25) is 0 Å². The summed E-state index contributed by atoms with van der Waals surface area (Å²) in [5.74, 6) is 0. The summed E-state index contributed by atoms with van der Waals surface area (Å²) in [7, 11) is -8.95. The van der Waals surface area contributed by atoms with Gasteiger partial charge in [-0.15, -0.1) is 0 Å². The molecule has 1 aromatic rings. The van der Waals surface area contributed by atoms with Crippen molar-refractivity contribution in [1.82, 2.24) is 0 Å². The van der Waals surface area contributed by atoms with E-state index in [9.17, 15) is 25.2 Å². The Morgan fingerprint density at radius 2 is 1.62 bits per heavy atom. The van der Waals surface area contributed by atoms with Crippen molar-refractivity contribution in [3.8, 4) is 0 Å². The van der Waals surface area contributed by atoms with E-state index >= 15 is 0 Å². The second kappa shape index (κ2) is 4.12. The van der Waals surface area contributed by atoms with Crippen LogP contribution in [-0.4, -0.2) is 7.11 Å². The Kier molecular flexibility index (Phi) is 4.02. The van der Waals surface area contributed by atoms with E-state index in [1.165, 1.54) is 0 Å². The second-order valence-electron chi connectivity index (χ2n) is 2.77. The molecule has 0 aliphatic rings. The summed E-state index contributed by atoms with van der Waals surface area (Å²) in [6, 6.07) is 0. The van der Waals surface area contributed by atoms with E-state index in [-0.39, 0.29) is 6.23 Å². The molecule has 0 aliphatic carbocycles. The maximum atomic E-state index is 9.87. The average molecular weight is 289 g/mol. The van der Waals surface area contributed by atoms with Gasteiger partial charge in [-0.2, -0.15) is 4.57 Å². The van der Waals surface area contributed by atoms with Gasteiger partial charge in [0.1, 0.15) is 0 Å². The third-order valence-electron chi connectivity index (χ3n) is 1.26. The SMILES string of the molecule is COC(C)[n+]1ccsc1.F[P-](F)(F)(F)(F)F. The van der Waals surface area contributed by atoms with Crippen LogP contribution in [0.25, 0.3) is 0 Å². The van der Waals surface area contributed by atoms with Crippen LogP contribution in [-0.2, 0) is 4.74 Å². The standard InChI is InChI=1S/C6H10NOS.F6P/c1-6(8-2)7-3-4-9-5-7;1-7(2,3,4,5)6/h3-6H,1-2H3;/q+1;-1. The van der Waals surface area contributed by atoms with Crippen molar-refractivity contribution in [2.24, 2.45) is 0 Å². The topological polar surface area (TPSA) is 13.1 Å². The average Bonchev–Trinajstić information content (AvgIpc) is 2.48. The first-order valence-electron chi connectivity index (χ1n) is 3.81. The molecule has 0 radical (unpaired) electrons. The van der Waals surface area contributed by atoms with Crippen molar-refractivity contribution in [3.63, 3.8) is 0 Å². The molecule has 0 bridgehead atoms. The van der Waals surface area contributed by atoms with E-state index in [4.69, 9.17) is 4.74 Å². The van der Waals surface area contributed by atoms with Crippen LogP contribution in [0.1, 0.15) is 13.2 Å². The summed E-state index contributed by atoms with van der Waals surface area (Å²) >= 11 is 1.67. The predicted molar refractivity (Wildman–Crippen MR) is 49.8 cm³/mol. The van der Waals surface area contributed by atoms with Crippen molar-refractivity contribution in [1.29, 1.82) is 0 Å². The Hall–Kier alpha value is -0.400. The molecule has 1 heterocycles. The fourth-order valence-electron chi connectivity index (χ4n) is 0.575. The summed E-state index contributed by atoms with van der Waals surface area (Å²) in [4.78, 5) is 0. The molecule has 0 aliphatic heterocycles. The van der Waals surface area contributed by atoms with Crippen LogP contribution >= 0.6 is 19.1 Å². The Morgan fingerprint density at radius 1 is 1.19 bits per heavy atom. The van der Waals surface area contributed by atoms with Gasteiger partial charge in [-0.3, -0.25) is 0 Å². The zero-order chi connectivity index (χ0) is 13.1. The predicted octanol–water partition coefficient (Wildman–Crippen LogP) is 4.58. The minimum atomic E-state index is -10.7. The summed E-state index contributed by atoms with van der Waals surface area (Å²) in [5, 5.41) is 2.02. The summed E-state index contributed by atoms with van der Waals surface area (Å²) in [6.07, 6.45) is 2.16. The van der Waals surface area contributed by atoms with Gasteiger partial charge < -0.3 is 4.74 Å². The zero-order valence-corrected chi connectivity index (χ0v) is 10.00. The number of hydrogen-bond acceptors (Lipinski definition) is 2. The van der Waals surface area contributed by atoms with Crippen LogP contribution < -0.4 is 4.57 Å². The summed E-state index contributed by atoms with van der Waals surface area (Å²) in [5.41, 5.74) is 2.02. The second-order valence-corrected chi connectivity index (χ2v) is 5.44. The van der Waals surface area contributed by atoms with Gasteiger partial charge in [0.25, 0.3) is 6.23 Å². The van der Waals surface area contributed by atoms with Crippen LogP contribution in [0.3, 0.4) is 0 Å². The first-order chi connectivity index (χ1) is 6.79. The van der Waals surface area contributed by atoms with Crippen LogP contribution in [0, 0.1) is 0 Å². The molecule has 2 nitrogen and oxygen atoms in total. The van der Waals surface area contributed by atoms with Crippen LogP contribution in [0.4, 0.5) is 25.2 Å². The van der Waals surface area contributed by atoms with Crippen molar-refractivity contribution < 1.29 is 34.5 Å². The molecule has 16 heavy (non-hydrogen) atoms. The number of ether oxygens (including phenoxy) is 1. The molecule has 0 saturated carbocycles. The maximum absolute atomic E-state index is 10.7. The number of rotatable bonds is 2. The van der Waals surface area contributed by atoms with Crippen LogP contribution in [0.5, 0.6) is 0 Å². The number of aromatic nitrogens is 1. The van der Waals surface area contributed by atoms with E-state index in [1.54, 1.807) is 18.4 Å². The van der Waals surface area contributed by atoms with Crippen molar-refractivity contribution in [2.45, 2.75) is 13.2 Å². The number of hydrogen-bond donors (Lipinski definition) is 0. The molecule has 1 unspecified atom stereocenters. The summed E-state index contributed by atoms with van der Waals surface area (Å²) in [6.45, 7) is 2.01. The number of halogens is 6. The van der Waals surface area contributed by atoms with E-state index in [2.05, 4.69) is 0 Å². The van der Waals surface area contributed by atoms with E-state index in [0.717, 1.165) is 0 Å². The fourth-order valence-corrected chi connectivity index (χ4v) is 1.24. The van der Waals surface area contributed by atoms with Crippen molar-refractivity contribution >= 4 is 19.1 Å². The third kappa shape index (κ3) is 13.6. The Labute approximate surface area is 91.7 Å². The van der Waals surface area contributed by atoms with Crippen LogP contribution in [0.15, 0.2) is 17.1 Å². The Balaban J connectivity index is 0.000000293. The van der Waals surface area contributed by atoms with Gasteiger partial charge in [-0.05, 0) is 0 Å². The molecule has 98 valence electrons. The molecular weight excluding hydrogens is 279 g/mol. The van der Waals surface area contributed by atoms with Gasteiger partial charge in [0, 0.05) is 14.0 Å².